The first-order chi connectivity index (χ1) is 9.30. The smallest absolute Gasteiger partial charge is 0.342 e. The molecule has 1 aromatic heterocycles. The van der Waals surface area contributed by atoms with E-state index in [1.165, 1.54) is 0 Å². The summed E-state index contributed by atoms with van der Waals surface area (Å²) in [7, 11) is 0. The fourth-order valence-electron chi connectivity index (χ4n) is 1.85. The largest absolute Gasteiger partial charge is 0.418 e. The minimum absolute atomic E-state index is 0.0929. The number of imidazole rings is 1. The summed E-state index contributed by atoms with van der Waals surface area (Å²) in [5.41, 5.74) is -4.13. The molecule has 0 bridgehead atoms. The summed E-state index contributed by atoms with van der Waals surface area (Å²) in [6.07, 6.45) is -9.77. The molecule has 0 aliphatic carbocycles. The second kappa shape index (κ2) is 4.38. The van der Waals surface area contributed by atoms with Gasteiger partial charge in [-0.2, -0.15) is 26.3 Å². The third kappa shape index (κ3) is 2.98. The lowest BCUT2D eigenvalue weighted by Gasteiger charge is -2.13. The van der Waals surface area contributed by atoms with E-state index in [2.05, 4.69) is 9.97 Å². The number of fused-ring (bicyclic) bond motifs is 1. The molecule has 0 radical (unpaired) electrons. The molecule has 0 saturated heterocycles. The molecule has 0 atom stereocenters. The van der Waals surface area contributed by atoms with E-state index in [9.17, 15) is 26.3 Å². The van der Waals surface area contributed by atoms with Gasteiger partial charge >= 0.3 is 12.4 Å². The Labute approximate surface area is 116 Å². The van der Waals surface area contributed by atoms with E-state index in [-0.39, 0.29) is 17.4 Å². The van der Waals surface area contributed by atoms with Crippen molar-refractivity contribution in [3.8, 4) is 0 Å². The molecule has 0 saturated carbocycles. The van der Waals surface area contributed by atoms with Crippen LogP contribution in [0, 0.1) is 0 Å². The molecule has 21 heavy (non-hydrogen) atoms. The second-order valence-electron chi connectivity index (χ2n) is 5.75. The van der Waals surface area contributed by atoms with Gasteiger partial charge in [0.2, 0.25) is 0 Å². The Hall–Kier alpha value is -1.73. The van der Waals surface area contributed by atoms with Crippen LogP contribution in [0.3, 0.4) is 0 Å². The zero-order chi connectivity index (χ0) is 16.2. The second-order valence-corrected chi connectivity index (χ2v) is 5.75. The van der Waals surface area contributed by atoms with Gasteiger partial charge < -0.3 is 4.98 Å². The Bertz CT molecular complexity index is 673. The predicted molar refractivity (Wildman–Crippen MR) is 64.8 cm³/mol. The van der Waals surface area contributed by atoms with Gasteiger partial charge in [0.25, 0.3) is 0 Å². The number of aromatic nitrogens is 2. The summed E-state index contributed by atoms with van der Waals surface area (Å²) < 4.78 is 77.1. The highest BCUT2D eigenvalue weighted by molar-refractivity contribution is 5.81. The first kappa shape index (κ1) is 15.7. The summed E-state index contributed by atoms with van der Waals surface area (Å²) >= 11 is 0. The normalized spacial score (nSPS) is 14.0. The maximum Gasteiger partial charge on any atom is 0.418 e. The number of benzene rings is 1. The summed E-state index contributed by atoms with van der Waals surface area (Å²) in [5, 5.41) is 0. The minimum atomic E-state index is -4.91. The van der Waals surface area contributed by atoms with Crippen LogP contribution in [0.5, 0.6) is 0 Å². The maximum atomic E-state index is 13.0. The molecule has 0 unspecified atom stereocenters. The van der Waals surface area contributed by atoms with Gasteiger partial charge in [-0.15, -0.1) is 0 Å². The Morgan fingerprint density at radius 2 is 1.48 bits per heavy atom. The van der Waals surface area contributed by atoms with Crippen molar-refractivity contribution in [2.45, 2.75) is 38.5 Å². The molecular formula is C13H12F6N2. The monoisotopic (exact) mass is 310 g/mol. The van der Waals surface area contributed by atoms with Crippen LogP contribution in [0.4, 0.5) is 26.3 Å². The zero-order valence-electron chi connectivity index (χ0n) is 11.4. The third-order valence-corrected chi connectivity index (χ3v) is 2.93. The standard InChI is InChI=1S/C13H12F6N2/c1-11(2,3)10-20-8-5-6(12(14,15)16)4-7(9(8)21-10)13(17,18)19/h4-5H,1-3H3,(H,20,21). The quantitative estimate of drug-likeness (QED) is 0.689. The topological polar surface area (TPSA) is 28.7 Å². The molecule has 2 nitrogen and oxygen atoms in total. The molecule has 1 heterocycles. The van der Waals surface area contributed by atoms with E-state index in [0.29, 0.717) is 6.07 Å². The van der Waals surface area contributed by atoms with E-state index < -0.39 is 34.4 Å². The van der Waals surface area contributed by atoms with Crippen molar-refractivity contribution in [3.05, 3.63) is 29.1 Å². The number of nitrogens with zero attached hydrogens (tertiary/aromatic N) is 1. The van der Waals surface area contributed by atoms with E-state index in [1.54, 1.807) is 20.8 Å². The van der Waals surface area contributed by atoms with E-state index >= 15 is 0 Å². The van der Waals surface area contributed by atoms with E-state index in [1.807, 2.05) is 0 Å². The lowest BCUT2D eigenvalue weighted by molar-refractivity contribution is -0.142. The summed E-state index contributed by atoms with van der Waals surface area (Å²) in [4.78, 5) is 6.38. The number of hydrogen-bond donors (Lipinski definition) is 1. The molecule has 0 fully saturated rings. The maximum absolute atomic E-state index is 13.0. The van der Waals surface area contributed by atoms with Crippen LogP contribution in [-0.2, 0) is 17.8 Å². The van der Waals surface area contributed by atoms with Crippen molar-refractivity contribution in [2.75, 3.05) is 0 Å². The molecule has 1 N–H and O–H groups in total. The molecular weight excluding hydrogens is 298 g/mol. The minimum Gasteiger partial charge on any atom is -0.342 e. The lowest BCUT2D eigenvalue weighted by Crippen LogP contribution is -2.13. The van der Waals surface area contributed by atoms with Crippen LogP contribution in [0.2, 0.25) is 0 Å². The highest BCUT2D eigenvalue weighted by Crippen LogP contribution is 2.39. The van der Waals surface area contributed by atoms with Crippen molar-refractivity contribution in [1.82, 2.24) is 9.97 Å². The fraction of sp³-hybridized carbons (Fsp3) is 0.462. The Balaban J connectivity index is 2.81. The van der Waals surface area contributed by atoms with Crippen molar-refractivity contribution >= 4 is 11.0 Å². The molecule has 0 aliphatic rings. The van der Waals surface area contributed by atoms with Gasteiger partial charge in [-0.25, -0.2) is 4.98 Å². The number of nitrogens with one attached hydrogen (secondary N) is 1. The highest BCUT2D eigenvalue weighted by Gasteiger charge is 2.39. The van der Waals surface area contributed by atoms with Crippen LogP contribution in [0.1, 0.15) is 37.7 Å². The zero-order valence-corrected chi connectivity index (χ0v) is 11.4. The number of alkyl halides is 6. The summed E-state index contributed by atoms with van der Waals surface area (Å²) in [6, 6.07) is 0.739. The van der Waals surface area contributed by atoms with Crippen molar-refractivity contribution < 1.29 is 26.3 Å². The SMILES string of the molecule is CC(C)(C)c1nc2c(C(F)(F)F)cc(C(F)(F)F)cc2[nH]1. The third-order valence-electron chi connectivity index (χ3n) is 2.93. The number of aromatic amines is 1. The summed E-state index contributed by atoms with van der Waals surface area (Å²) in [5.74, 6) is 0.197. The Morgan fingerprint density at radius 1 is 0.905 bits per heavy atom. The molecule has 2 rings (SSSR count). The number of H-pyrrole nitrogens is 1. The number of halogens is 6. The Morgan fingerprint density at radius 3 is 1.90 bits per heavy atom. The predicted octanol–water partition coefficient (Wildman–Crippen LogP) is 4.90. The highest BCUT2D eigenvalue weighted by atomic mass is 19.4. The van der Waals surface area contributed by atoms with Crippen LogP contribution in [0.25, 0.3) is 11.0 Å². The fourth-order valence-corrected chi connectivity index (χ4v) is 1.85. The van der Waals surface area contributed by atoms with Gasteiger partial charge in [-0.3, -0.25) is 0 Å². The van der Waals surface area contributed by atoms with Gasteiger partial charge in [-0.1, -0.05) is 20.8 Å². The van der Waals surface area contributed by atoms with Crippen molar-refractivity contribution in [1.29, 1.82) is 0 Å². The molecule has 0 amide bonds. The number of hydrogen-bond acceptors (Lipinski definition) is 1. The summed E-state index contributed by atoms with van der Waals surface area (Å²) in [6.45, 7) is 5.09. The van der Waals surface area contributed by atoms with Gasteiger partial charge in [0.1, 0.15) is 11.3 Å². The Kier molecular flexibility index (Phi) is 3.27. The van der Waals surface area contributed by atoms with Gasteiger partial charge in [-0.05, 0) is 12.1 Å². The van der Waals surface area contributed by atoms with Crippen LogP contribution >= 0.6 is 0 Å². The van der Waals surface area contributed by atoms with Crippen LogP contribution in [-0.4, -0.2) is 9.97 Å². The molecule has 116 valence electrons. The average Bonchev–Trinajstić information content (AvgIpc) is 2.67. The molecule has 2 aromatic rings. The lowest BCUT2D eigenvalue weighted by atomic mass is 9.96. The van der Waals surface area contributed by atoms with Gasteiger partial charge in [0.15, 0.2) is 0 Å². The van der Waals surface area contributed by atoms with Crippen LogP contribution < -0.4 is 0 Å². The molecule has 0 spiro atoms. The first-order valence-electron chi connectivity index (χ1n) is 5.99. The molecule has 0 aliphatic heterocycles. The average molecular weight is 310 g/mol. The van der Waals surface area contributed by atoms with E-state index in [0.717, 1.165) is 0 Å². The number of rotatable bonds is 0. The van der Waals surface area contributed by atoms with E-state index in [4.69, 9.17) is 0 Å². The molecule has 8 heteroatoms. The van der Waals surface area contributed by atoms with Crippen LogP contribution in [0.15, 0.2) is 12.1 Å². The first-order valence-corrected chi connectivity index (χ1v) is 5.99. The molecule has 1 aromatic carbocycles. The van der Waals surface area contributed by atoms with Crippen molar-refractivity contribution in [3.63, 3.8) is 0 Å². The van der Waals surface area contributed by atoms with Gasteiger partial charge in [0, 0.05) is 5.41 Å². The van der Waals surface area contributed by atoms with Crippen molar-refractivity contribution in [2.24, 2.45) is 0 Å². The van der Waals surface area contributed by atoms with Gasteiger partial charge in [0.05, 0.1) is 16.6 Å².